The van der Waals surface area contributed by atoms with Crippen LogP contribution in [0.5, 0.6) is 0 Å². The second kappa shape index (κ2) is 8.45. The molecule has 32 heavy (non-hydrogen) atoms. The van der Waals surface area contributed by atoms with Gasteiger partial charge in [0, 0.05) is 25.7 Å². The number of halogens is 4. The zero-order valence-electron chi connectivity index (χ0n) is 16.7. The van der Waals surface area contributed by atoms with E-state index in [1.807, 2.05) is 0 Å². The van der Waals surface area contributed by atoms with Gasteiger partial charge in [-0.1, -0.05) is 30.3 Å². The molecule has 1 aliphatic heterocycles. The Labute approximate surface area is 180 Å². The second-order valence-corrected chi connectivity index (χ2v) is 7.33. The molecule has 0 saturated heterocycles. The van der Waals surface area contributed by atoms with Crippen LogP contribution in [0.15, 0.2) is 54.6 Å². The Morgan fingerprint density at radius 2 is 1.78 bits per heavy atom. The van der Waals surface area contributed by atoms with Gasteiger partial charge in [-0.25, -0.2) is 4.39 Å². The highest BCUT2D eigenvalue weighted by atomic mass is 19.4. The zero-order valence-corrected chi connectivity index (χ0v) is 16.7. The third-order valence-corrected chi connectivity index (χ3v) is 5.15. The van der Waals surface area contributed by atoms with Crippen LogP contribution in [0.25, 0.3) is 0 Å². The van der Waals surface area contributed by atoms with Crippen LogP contribution >= 0.6 is 0 Å². The van der Waals surface area contributed by atoms with Gasteiger partial charge in [-0.2, -0.15) is 18.3 Å². The topological polar surface area (TPSA) is 67.2 Å². The Balaban J connectivity index is 1.46. The number of benzene rings is 2. The Kier molecular flexibility index (Phi) is 5.68. The maximum absolute atomic E-state index is 13.3. The Hall–Kier alpha value is -3.69. The molecule has 2 aromatic carbocycles. The molecule has 6 nitrogen and oxygen atoms in total. The summed E-state index contributed by atoms with van der Waals surface area (Å²) in [7, 11) is 0. The van der Waals surface area contributed by atoms with Gasteiger partial charge in [-0.15, -0.1) is 0 Å². The van der Waals surface area contributed by atoms with Crippen LogP contribution < -0.4 is 5.32 Å². The molecule has 0 aliphatic carbocycles. The molecular formula is C22H18F4N4O2. The first-order valence-electron chi connectivity index (χ1n) is 9.77. The molecule has 0 saturated carbocycles. The van der Waals surface area contributed by atoms with Crippen molar-refractivity contribution in [2.24, 2.45) is 0 Å². The highest BCUT2D eigenvalue weighted by molar-refractivity contribution is 5.98. The minimum absolute atomic E-state index is 0.00132. The molecule has 1 aliphatic rings. The molecule has 1 N–H and O–H groups in total. The van der Waals surface area contributed by atoms with E-state index in [1.165, 1.54) is 58.1 Å². The first-order chi connectivity index (χ1) is 15.2. The van der Waals surface area contributed by atoms with Crippen LogP contribution in [0.4, 0.5) is 17.6 Å². The number of amides is 2. The summed E-state index contributed by atoms with van der Waals surface area (Å²) in [6, 6.07) is 12.1. The van der Waals surface area contributed by atoms with Gasteiger partial charge in [-0.3, -0.25) is 14.3 Å². The summed E-state index contributed by atoms with van der Waals surface area (Å²) in [5.74, 6) is -1.40. The van der Waals surface area contributed by atoms with Crippen molar-refractivity contribution in [1.29, 1.82) is 0 Å². The maximum atomic E-state index is 13.3. The Morgan fingerprint density at radius 1 is 1.06 bits per heavy atom. The van der Waals surface area contributed by atoms with Crippen molar-refractivity contribution in [2.45, 2.75) is 25.8 Å². The lowest BCUT2D eigenvalue weighted by Gasteiger charge is -2.28. The molecule has 0 bridgehead atoms. The molecule has 0 atom stereocenters. The zero-order chi connectivity index (χ0) is 22.9. The third kappa shape index (κ3) is 4.48. The van der Waals surface area contributed by atoms with Gasteiger partial charge in [-0.05, 0) is 29.3 Å². The molecule has 2 amide bonds. The van der Waals surface area contributed by atoms with E-state index >= 15 is 0 Å². The first-order valence-corrected chi connectivity index (χ1v) is 9.77. The first kappa shape index (κ1) is 21.5. The molecular weight excluding hydrogens is 428 g/mol. The third-order valence-electron chi connectivity index (χ3n) is 5.15. The van der Waals surface area contributed by atoms with Crippen LogP contribution in [0, 0.1) is 5.82 Å². The van der Waals surface area contributed by atoms with Gasteiger partial charge in [0.15, 0.2) is 5.69 Å². The van der Waals surface area contributed by atoms with Gasteiger partial charge in [0.1, 0.15) is 11.5 Å². The van der Waals surface area contributed by atoms with Crippen LogP contribution in [-0.4, -0.2) is 33.0 Å². The summed E-state index contributed by atoms with van der Waals surface area (Å²) in [5, 5.41) is 6.79. The maximum Gasteiger partial charge on any atom is 0.416 e. The summed E-state index contributed by atoms with van der Waals surface area (Å²) >= 11 is 0. The summed E-state index contributed by atoms with van der Waals surface area (Å²) in [5.41, 5.74) is 0.0568. The standard InChI is InChI=1S/C22H18F4N4O2/c23-16-7-5-14(6-8-16)12-27-20(31)18-11-19-21(32)29(9-10-30(19)28-18)13-15-3-1-2-4-17(15)22(24,25)26/h1-8,11H,9-10,12-13H2,(H,27,31). The van der Waals surface area contributed by atoms with Crippen molar-refractivity contribution in [3.05, 3.63) is 88.5 Å². The number of hydrogen-bond acceptors (Lipinski definition) is 3. The molecule has 166 valence electrons. The van der Waals surface area contributed by atoms with Crippen molar-refractivity contribution in [3.8, 4) is 0 Å². The summed E-state index contributed by atoms with van der Waals surface area (Å²) in [6.45, 7) is 0.359. The quantitative estimate of drug-likeness (QED) is 0.609. The molecule has 2 heterocycles. The summed E-state index contributed by atoms with van der Waals surface area (Å²) in [6.07, 6.45) is -4.52. The SMILES string of the molecule is O=C(NCc1ccc(F)cc1)c1cc2n(n1)CCN(Cc1ccccc1C(F)(F)F)C2=O. The number of carbonyl (C=O) groups excluding carboxylic acids is 2. The Bertz CT molecular complexity index is 1160. The van der Waals surface area contributed by atoms with Gasteiger partial charge in [0.25, 0.3) is 11.8 Å². The fourth-order valence-corrected chi connectivity index (χ4v) is 3.52. The van der Waals surface area contributed by atoms with Crippen LogP contribution in [0.1, 0.15) is 37.7 Å². The number of alkyl halides is 3. The van der Waals surface area contributed by atoms with Gasteiger partial charge >= 0.3 is 6.18 Å². The van der Waals surface area contributed by atoms with Crippen molar-refractivity contribution in [3.63, 3.8) is 0 Å². The van der Waals surface area contributed by atoms with E-state index < -0.39 is 23.6 Å². The minimum atomic E-state index is -4.52. The highest BCUT2D eigenvalue weighted by Gasteiger charge is 2.35. The van der Waals surface area contributed by atoms with Crippen LogP contribution in [0.2, 0.25) is 0 Å². The smallest absolute Gasteiger partial charge is 0.347 e. The minimum Gasteiger partial charge on any atom is -0.347 e. The van der Waals surface area contributed by atoms with Gasteiger partial charge < -0.3 is 10.2 Å². The lowest BCUT2D eigenvalue weighted by atomic mass is 10.1. The van der Waals surface area contributed by atoms with E-state index in [9.17, 15) is 27.2 Å². The lowest BCUT2D eigenvalue weighted by molar-refractivity contribution is -0.138. The van der Waals surface area contributed by atoms with Crippen molar-refractivity contribution in [1.82, 2.24) is 20.0 Å². The molecule has 1 aromatic heterocycles. The molecule has 0 spiro atoms. The number of fused-ring (bicyclic) bond motifs is 1. The molecule has 4 rings (SSSR count). The molecule has 10 heteroatoms. The largest absolute Gasteiger partial charge is 0.416 e. The molecule has 3 aromatic rings. The van der Waals surface area contributed by atoms with Crippen molar-refractivity contribution in [2.75, 3.05) is 6.54 Å². The fourth-order valence-electron chi connectivity index (χ4n) is 3.52. The number of nitrogens with one attached hydrogen (secondary N) is 1. The van der Waals surface area contributed by atoms with Gasteiger partial charge in [0.2, 0.25) is 0 Å². The van der Waals surface area contributed by atoms with E-state index in [0.29, 0.717) is 5.56 Å². The lowest BCUT2D eigenvalue weighted by Crippen LogP contribution is -2.40. The molecule has 0 fully saturated rings. The predicted molar refractivity (Wildman–Crippen MR) is 106 cm³/mol. The number of rotatable bonds is 5. The highest BCUT2D eigenvalue weighted by Crippen LogP contribution is 2.32. The number of carbonyl (C=O) groups is 2. The van der Waals surface area contributed by atoms with Crippen molar-refractivity contribution >= 4 is 11.8 Å². The van der Waals surface area contributed by atoms with E-state index in [1.54, 1.807) is 0 Å². The van der Waals surface area contributed by atoms with E-state index in [-0.39, 0.29) is 48.9 Å². The summed E-state index contributed by atoms with van der Waals surface area (Å²) in [4.78, 5) is 26.6. The number of aromatic nitrogens is 2. The normalized spacial score (nSPS) is 13.8. The number of hydrogen-bond donors (Lipinski definition) is 1. The van der Waals surface area contributed by atoms with Gasteiger partial charge in [0.05, 0.1) is 12.1 Å². The molecule has 0 unspecified atom stereocenters. The monoisotopic (exact) mass is 446 g/mol. The average molecular weight is 446 g/mol. The fraction of sp³-hybridized carbons (Fsp3) is 0.227. The molecule has 0 radical (unpaired) electrons. The second-order valence-electron chi connectivity index (χ2n) is 7.33. The summed E-state index contributed by atoms with van der Waals surface area (Å²) < 4.78 is 54.1. The average Bonchev–Trinajstić information content (AvgIpc) is 3.20. The Morgan fingerprint density at radius 3 is 2.50 bits per heavy atom. The van der Waals surface area contributed by atoms with Crippen molar-refractivity contribution < 1.29 is 27.2 Å². The van der Waals surface area contributed by atoms with E-state index in [4.69, 9.17) is 0 Å². The van der Waals surface area contributed by atoms with Crippen LogP contribution in [0.3, 0.4) is 0 Å². The predicted octanol–water partition coefficient (Wildman–Crippen LogP) is 3.63. The van der Waals surface area contributed by atoms with E-state index in [2.05, 4.69) is 10.4 Å². The number of nitrogens with zero attached hydrogens (tertiary/aromatic N) is 3. The van der Waals surface area contributed by atoms with Crippen LogP contribution in [-0.2, 0) is 25.8 Å². The van der Waals surface area contributed by atoms with E-state index in [0.717, 1.165) is 6.07 Å².